The molecule has 0 atom stereocenters. The Labute approximate surface area is 133 Å². The van der Waals surface area contributed by atoms with Gasteiger partial charge < -0.3 is 5.32 Å². The van der Waals surface area contributed by atoms with Crippen LogP contribution in [0.2, 0.25) is 5.02 Å². The summed E-state index contributed by atoms with van der Waals surface area (Å²) in [6.45, 7) is 2.77. The first-order valence-electron chi connectivity index (χ1n) is 7.62. The molecule has 1 aliphatic rings. The quantitative estimate of drug-likeness (QED) is 0.893. The number of rotatable bonds is 5. The van der Waals surface area contributed by atoms with Crippen molar-refractivity contribution in [2.45, 2.75) is 56.5 Å². The van der Waals surface area contributed by atoms with Crippen LogP contribution in [0, 0.1) is 5.92 Å². The summed E-state index contributed by atoms with van der Waals surface area (Å²) in [7, 11) is -3.25. The molecule has 0 bridgehead atoms. The standard InChI is InChI=1S/C16H24ClNO2S/c1-3-12-7-9-13(10-8-12)18-11-14-15(17)5-4-6-16(14)21(2,19)20/h4-6,12-13,18H,3,7-11H2,1-2H3. The normalized spacial score (nSPS) is 23.2. The van der Waals surface area contributed by atoms with Crippen LogP contribution in [0.4, 0.5) is 0 Å². The summed E-state index contributed by atoms with van der Waals surface area (Å²) >= 11 is 6.19. The van der Waals surface area contributed by atoms with Crippen LogP contribution in [0.5, 0.6) is 0 Å². The van der Waals surface area contributed by atoms with Gasteiger partial charge in [-0.25, -0.2) is 8.42 Å². The zero-order valence-corrected chi connectivity index (χ0v) is 14.3. The van der Waals surface area contributed by atoms with E-state index in [4.69, 9.17) is 11.6 Å². The predicted octanol–water partition coefficient (Wildman–Crippen LogP) is 3.80. The summed E-state index contributed by atoms with van der Waals surface area (Å²) in [4.78, 5) is 0.338. The maximum absolute atomic E-state index is 11.9. The van der Waals surface area contributed by atoms with Gasteiger partial charge in [0.05, 0.1) is 4.90 Å². The first-order valence-corrected chi connectivity index (χ1v) is 9.89. The van der Waals surface area contributed by atoms with E-state index in [1.165, 1.54) is 25.5 Å². The molecule has 0 saturated heterocycles. The van der Waals surface area contributed by atoms with Crippen molar-refractivity contribution in [3.63, 3.8) is 0 Å². The van der Waals surface area contributed by atoms with Crippen molar-refractivity contribution in [2.24, 2.45) is 5.92 Å². The molecule has 21 heavy (non-hydrogen) atoms. The van der Waals surface area contributed by atoms with Crippen LogP contribution in [0.15, 0.2) is 23.1 Å². The molecule has 0 aliphatic heterocycles. The molecule has 1 fully saturated rings. The van der Waals surface area contributed by atoms with Crippen molar-refractivity contribution >= 4 is 21.4 Å². The molecule has 0 radical (unpaired) electrons. The molecule has 1 N–H and O–H groups in total. The lowest BCUT2D eigenvalue weighted by Gasteiger charge is -2.28. The summed E-state index contributed by atoms with van der Waals surface area (Å²) in [5, 5.41) is 4.01. The molecule has 0 heterocycles. The van der Waals surface area contributed by atoms with Crippen LogP contribution in [-0.2, 0) is 16.4 Å². The smallest absolute Gasteiger partial charge is 0.175 e. The van der Waals surface area contributed by atoms with Gasteiger partial charge in [0.2, 0.25) is 0 Å². The third kappa shape index (κ3) is 4.44. The van der Waals surface area contributed by atoms with Gasteiger partial charge in [0, 0.05) is 29.4 Å². The van der Waals surface area contributed by atoms with Crippen LogP contribution in [-0.4, -0.2) is 20.7 Å². The first-order chi connectivity index (χ1) is 9.91. The zero-order chi connectivity index (χ0) is 15.5. The highest BCUT2D eigenvalue weighted by Crippen LogP contribution is 2.28. The number of halogens is 1. The van der Waals surface area contributed by atoms with Crippen LogP contribution in [0.25, 0.3) is 0 Å². The molecule has 1 aromatic carbocycles. The largest absolute Gasteiger partial charge is 0.310 e. The summed E-state index contributed by atoms with van der Waals surface area (Å²) in [6, 6.07) is 5.54. The third-order valence-corrected chi connectivity index (χ3v) is 6.00. The molecular formula is C16H24ClNO2S. The lowest BCUT2D eigenvalue weighted by Crippen LogP contribution is -2.33. The van der Waals surface area contributed by atoms with Gasteiger partial charge in [0.25, 0.3) is 0 Å². The molecule has 2 rings (SSSR count). The van der Waals surface area contributed by atoms with E-state index in [0.717, 1.165) is 18.8 Å². The Morgan fingerprint density at radius 2 is 1.90 bits per heavy atom. The average Bonchev–Trinajstić information content (AvgIpc) is 2.45. The number of benzene rings is 1. The van der Waals surface area contributed by atoms with E-state index in [2.05, 4.69) is 12.2 Å². The molecule has 3 nitrogen and oxygen atoms in total. The van der Waals surface area contributed by atoms with E-state index in [0.29, 0.717) is 28.1 Å². The molecule has 1 aromatic rings. The summed E-state index contributed by atoms with van der Waals surface area (Å²) in [6.07, 6.45) is 7.34. The Balaban J connectivity index is 2.04. The van der Waals surface area contributed by atoms with Gasteiger partial charge in [0.1, 0.15) is 0 Å². The second-order valence-electron chi connectivity index (χ2n) is 6.00. The van der Waals surface area contributed by atoms with Crippen LogP contribution in [0.3, 0.4) is 0 Å². The predicted molar refractivity (Wildman–Crippen MR) is 87.4 cm³/mol. The molecule has 5 heteroatoms. The van der Waals surface area contributed by atoms with Gasteiger partial charge in [-0.05, 0) is 43.7 Å². The Kier molecular flexibility index (Phi) is 5.69. The van der Waals surface area contributed by atoms with E-state index < -0.39 is 9.84 Å². The molecule has 0 unspecified atom stereocenters. The van der Waals surface area contributed by atoms with Crippen LogP contribution < -0.4 is 5.32 Å². The molecule has 1 saturated carbocycles. The molecule has 0 spiro atoms. The Hall–Kier alpha value is -0.580. The first kappa shape index (κ1) is 16.8. The van der Waals surface area contributed by atoms with Gasteiger partial charge in [-0.3, -0.25) is 0 Å². The fourth-order valence-electron chi connectivity index (χ4n) is 3.08. The molecule has 1 aliphatic carbocycles. The van der Waals surface area contributed by atoms with E-state index in [9.17, 15) is 8.42 Å². The number of hydrogen-bond acceptors (Lipinski definition) is 3. The monoisotopic (exact) mass is 329 g/mol. The topological polar surface area (TPSA) is 46.2 Å². The number of sulfone groups is 1. The van der Waals surface area contributed by atoms with Crippen molar-refractivity contribution in [1.82, 2.24) is 5.32 Å². The second kappa shape index (κ2) is 7.12. The van der Waals surface area contributed by atoms with Crippen molar-refractivity contribution < 1.29 is 8.42 Å². The van der Waals surface area contributed by atoms with Crippen molar-refractivity contribution in [3.05, 3.63) is 28.8 Å². The van der Waals surface area contributed by atoms with Crippen LogP contribution >= 0.6 is 11.6 Å². The third-order valence-electron chi connectivity index (χ3n) is 4.47. The van der Waals surface area contributed by atoms with Crippen molar-refractivity contribution in [1.29, 1.82) is 0 Å². The van der Waals surface area contributed by atoms with Crippen molar-refractivity contribution in [3.8, 4) is 0 Å². The molecular weight excluding hydrogens is 306 g/mol. The highest BCUT2D eigenvalue weighted by atomic mass is 35.5. The summed E-state index contributed by atoms with van der Waals surface area (Å²) in [5.74, 6) is 0.856. The highest BCUT2D eigenvalue weighted by molar-refractivity contribution is 7.90. The molecule has 0 aromatic heterocycles. The lowest BCUT2D eigenvalue weighted by molar-refractivity contribution is 0.285. The zero-order valence-electron chi connectivity index (χ0n) is 12.7. The van der Waals surface area contributed by atoms with Gasteiger partial charge in [-0.1, -0.05) is 31.0 Å². The molecule has 118 valence electrons. The van der Waals surface area contributed by atoms with Gasteiger partial charge in [0.15, 0.2) is 9.84 Å². The number of hydrogen-bond donors (Lipinski definition) is 1. The van der Waals surface area contributed by atoms with Gasteiger partial charge in [-0.2, -0.15) is 0 Å². The lowest BCUT2D eigenvalue weighted by atomic mass is 9.84. The highest BCUT2D eigenvalue weighted by Gasteiger charge is 2.21. The second-order valence-corrected chi connectivity index (χ2v) is 8.39. The average molecular weight is 330 g/mol. The van der Waals surface area contributed by atoms with E-state index in [1.54, 1.807) is 18.2 Å². The minimum Gasteiger partial charge on any atom is -0.310 e. The Bertz CT molecular complexity index is 578. The van der Waals surface area contributed by atoms with E-state index >= 15 is 0 Å². The van der Waals surface area contributed by atoms with Crippen LogP contribution in [0.1, 0.15) is 44.6 Å². The SMILES string of the molecule is CCC1CCC(NCc2c(Cl)cccc2S(C)(=O)=O)CC1. The Morgan fingerprint density at radius 3 is 2.48 bits per heavy atom. The Morgan fingerprint density at radius 1 is 1.24 bits per heavy atom. The van der Waals surface area contributed by atoms with Gasteiger partial charge in [-0.15, -0.1) is 0 Å². The minimum atomic E-state index is -3.25. The maximum Gasteiger partial charge on any atom is 0.175 e. The van der Waals surface area contributed by atoms with Crippen molar-refractivity contribution in [2.75, 3.05) is 6.26 Å². The maximum atomic E-state index is 11.9. The summed E-state index contributed by atoms with van der Waals surface area (Å²) < 4.78 is 23.7. The van der Waals surface area contributed by atoms with Gasteiger partial charge >= 0.3 is 0 Å². The summed E-state index contributed by atoms with van der Waals surface area (Å²) in [5.41, 5.74) is 0.694. The minimum absolute atomic E-state index is 0.338. The fourth-order valence-corrected chi connectivity index (χ4v) is 4.33. The number of nitrogens with one attached hydrogen (secondary N) is 1. The molecule has 0 amide bonds. The van der Waals surface area contributed by atoms with E-state index in [-0.39, 0.29) is 0 Å². The van der Waals surface area contributed by atoms with E-state index in [1.807, 2.05) is 0 Å². The fraction of sp³-hybridized carbons (Fsp3) is 0.625.